The molecule has 2 N–H and O–H groups in total. The molecule has 1 aliphatic heterocycles. The predicted molar refractivity (Wildman–Crippen MR) is 90.7 cm³/mol. The molecule has 2 aromatic carbocycles. The molecule has 0 fully saturated rings. The fraction of sp³-hybridized carbons (Fsp3) is 0.125. The van der Waals surface area contributed by atoms with E-state index < -0.39 is 0 Å². The Morgan fingerprint density at radius 1 is 1.05 bits per heavy atom. The SMILES string of the molecule is OC1=Cc2ccc(Cl)cc2C(SCc2ccc(Cl)cc2)N1. The maximum Gasteiger partial charge on any atom is 0.185 e. The topological polar surface area (TPSA) is 32.3 Å². The minimum Gasteiger partial charge on any atom is -0.495 e. The molecular weight excluding hydrogens is 325 g/mol. The van der Waals surface area contributed by atoms with Gasteiger partial charge >= 0.3 is 0 Å². The summed E-state index contributed by atoms with van der Waals surface area (Å²) in [5.41, 5.74) is 3.26. The summed E-state index contributed by atoms with van der Waals surface area (Å²) >= 11 is 13.7. The zero-order valence-corrected chi connectivity index (χ0v) is 13.3. The van der Waals surface area contributed by atoms with Crippen LogP contribution in [-0.4, -0.2) is 5.11 Å². The third-order valence-corrected chi connectivity index (χ3v) is 4.92. The number of benzene rings is 2. The molecule has 0 spiro atoms. The molecule has 0 saturated carbocycles. The zero-order valence-electron chi connectivity index (χ0n) is 11.0. The molecule has 1 aliphatic rings. The molecule has 0 bridgehead atoms. The van der Waals surface area contributed by atoms with Gasteiger partial charge < -0.3 is 10.4 Å². The van der Waals surface area contributed by atoms with Gasteiger partial charge in [-0.15, -0.1) is 11.8 Å². The summed E-state index contributed by atoms with van der Waals surface area (Å²) in [6.45, 7) is 0. The summed E-state index contributed by atoms with van der Waals surface area (Å²) in [5.74, 6) is 0.993. The van der Waals surface area contributed by atoms with E-state index in [2.05, 4.69) is 5.32 Å². The third-order valence-electron chi connectivity index (χ3n) is 3.23. The van der Waals surface area contributed by atoms with Crippen LogP contribution in [0.15, 0.2) is 48.3 Å². The summed E-state index contributed by atoms with van der Waals surface area (Å²) in [5, 5.41) is 14.3. The molecule has 0 aromatic heterocycles. The van der Waals surface area contributed by atoms with E-state index >= 15 is 0 Å². The van der Waals surface area contributed by atoms with E-state index in [0.717, 1.165) is 21.9 Å². The summed E-state index contributed by atoms with van der Waals surface area (Å²) in [6, 6.07) is 13.5. The number of aliphatic hydroxyl groups excluding tert-OH is 1. The number of thioether (sulfide) groups is 1. The highest BCUT2D eigenvalue weighted by Crippen LogP contribution is 2.36. The molecule has 2 aromatic rings. The summed E-state index contributed by atoms with van der Waals surface area (Å²) in [7, 11) is 0. The highest BCUT2D eigenvalue weighted by atomic mass is 35.5. The van der Waals surface area contributed by atoms with Gasteiger partial charge in [-0.3, -0.25) is 0 Å². The minimum atomic E-state index is -0.0284. The third kappa shape index (κ3) is 3.49. The van der Waals surface area contributed by atoms with Gasteiger partial charge in [-0.25, -0.2) is 0 Å². The van der Waals surface area contributed by atoms with E-state index in [4.69, 9.17) is 23.2 Å². The molecule has 1 atom stereocenters. The molecule has 5 heteroatoms. The fourth-order valence-electron chi connectivity index (χ4n) is 2.20. The van der Waals surface area contributed by atoms with Gasteiger partial charge in [0.25, 0.3) is 0 Å². The monoisotopic (exact) mass is 337 g/mol. The van der Waals surface area contributed by atoms with Crippen LogP contribution in [0.5, 0.6) is 0 Å². The zero-order chi connectivity index (χ0) is 14.8. The first-order valence-electron chi connectivity index (χ1n) is 6.44. The van der Waals surface area contributed by atoms with Crippen LogP contribution in [0.4, 0.5) is 0 Å². The first-order valence-corrected chi connectivity index (χ1v) is 8.25. The number of rotatable bonds is 3. The van der Waals surface area contributed by atoms with Crippen LogP contribution in [0, 0.1) is 0 Å². The highest BCUT2D eigenvalue weighted by Gasteiger charge is 2.21. The Hall–Kier alpha value is -1.29. The van der Waals surface area contributed by atoms with Crippen molar-refractivity contribution in [3.8, 4) is 0 Å². The molecule has 21 heavy (non-hydrogen) atoms. The van der Waals surface area contributed by atoms with E-state index in [-0.39, 0.29) is 11.3 Å². The second-order valence-electron chi connectivity index (χ2n) is 4.76. The van der Waals surface area contributed by atoms with Crippen LogP contribution in [0.3, 0.4) is 0 Å². The lowest BCUT2D eigenvalue weighted by Crippen LogP contribution is -2.22. The Bertz CT molecular complexity index is 685. The standard InChI is InChI=1S/C16H13Cl2NOS/c17-12-4-1-10(2-5-12)9-21-16-14-8-13(18)6-3-11(14)7-15(20)19-16/h1-8,16,19-20H,9H2. The van der Waals surface area contributed by atoms with Gasteiger partial charge in [0.15, 0.2) is 5.88 Å². The van der Waals surface area contributed by atoms with Crippen molar-refractivity contribution < 1.29 is 5.11 Å². The van der Waals surface area contributed by atoms with Crippen LogP contribution in [0.2, 0.25) is 10.0 Å². The maximum atomic E-state index is 9.82. The second kappa shape index (κ2) is 6.22. The van der Waals surface area contributed by atoms with Crippen LogP contribution >= 0.6 is 35.0 Å². The molecule has 3 rings (SSSR count). The fourth-order valence-corrected chi connectivity index (χ4v) is 3.64. The molecular formula is C16H13Cl2NOS. The summed E-state index contributed by atoms with van der Waals surface area (Å²) in [4.78, 5) is 0. The van der Waals surface area contributed by atoms with Crippen molar-refractivity contribution in [1.29, 1.82) is 0 Å². The number of hydrogen-bond donors (Lipinski definition) is 2. The lowest BCUT2D eigenvalue weighted by Gasteiger charge is -2.25. The molecule has 0 amide bonds. The quantitative estimate of drug-likeness (QED) is 0.787. The van der Waals surface area contributed by atoms with Crippen LogP contribution in [0.25, 0.3) is 6.08 Å². The minimum absolute atomic E-state index is 0.0284. The van der Waals surface area contributed by atoms with E-state index in [1.165, 1.54) is 5.56 Å². The first-order chi connectivity index (χ1) is 10.1. The maximum absolute atomic E-state index is 9.82. The van der Waals surface area contributed by atoms with Crippen molar-refractivity contribution in [1.82, 2.24) is 5.32 Å². The van der Waals surface area contributed by atoms with Crippen LogP contribution < -0.4 is 5.32 Å². The lowest BCUT2D eigenvalue weighted by atomic mass is 10.0. The van der Waals surface area contributed by atoms with Crippen molar-refractivity contribution >= 4 is 41.0 Å². The molecule has 0 aliphatic carbocycles. The molecule has 2 nitrogen and oxygen atoms in total. The Morgan fingerprint density at radius 2 is 1.76 bits per heavy atom. The van der Waals surface area contributed by atoms with E-state index in [9.17, 15) is 5.11 Å². The van der Waals surface area contributed by atoms with Crippen molar-refractivity contribution in [2.24, 2.45) is 0 Å². The lowest BCUT2D eigenvalue weighted by molar-refractivity contribution is 0.363. The highest BCUT2D eigenvalue weighted by molar-refractivity contribution is 7.98. The Morgan fingerprint density at radius 3 is 2.52 bits per heavy atom. The molecule has 1 unspecified atom stereocenters. The Labute approximate surface area is 137 Å². The molecule has 1 heterocycles. The predicted octanol–water partition coefficient (Wildman–Crippen LogP) is 5.39. The normalized spacial score (nSPS) is 16.9. The van der Waals surface area contributed by atoms with E-state index in [1.54, 1.807) is 17.8 Å². The van der Waals surface area contributed by atoms with Crippen molar-refractivity contribution in [3.05, 3.63) is 75.1 Å². The van der Waals surface area contributed by atoms with Gasteiger partial charge in [-0.05, 0) is 41.0 Å². The van der Waals surface area contributed by atoms with Crippen LogP contribution in [0.1, 0.15) is 22.1 Å². The molecule has 108 valence electrons. The van der Waals surface area contributed by atoms with E-state index in [1.807, 2.05) is 42.5 Å². The average molecular weight is 338 g/mol. The second-order valence-corrected chi connectivity index (χ2v) is 6.73. The van der Waals surface area contributed by atoms with Crippen LogP contribution in [-0.2, 0) is 5.75 Å². The van der Waals surface area contributed by atoms with Gasteiger partial charge in [-0.1, -0.05) is 41.4 Å². The van der Waals surface area contributed by atoms with Gasteiger partial charge in [-0.2, -0.15) is 0 Å². The number of halogens is 2. The Balaban J connectivity index is 1.78. The number of fused-ring (bicyclic) bond motifs is 1. The summed E-state index contributed by atoms with van der Waals surface area (Å²) < 4.78 is 0. The van der Waals surface area contributed by atoms with Gasteiger partial charge in [0.1, 0.15) is 5.37 Å². The summed E-state index contributed by atoms with van der Waals surface area (Å²) in [6.07, 6.45) is 1.71. The Kier molecular flexibility index (Phi) is 4.34. The van der Waals surface area contributed by atoms with E-state index in [0.29, 0.717) is 5.02 Å². The largest absolute Gasteiger partial charge is 0.495 e. The average Bonchev–Trinajstić information content (AvgIpc) is 2.47. The van der Waals surface area contributed by atoms with Crippen molar-refractivity contribution in [2.45, 2.75) is 11.1 Å². The van der Waals surface area contributed by atoms with Crippen molar-refractivity contribution in [3.63, 3.8) is 0 Å². The van der Waals surface area contributed by atoms with Gasteiger partial charge in [0, 0.05) is 21.9 Å². The first kappa shape index (κ1) is 14.6. The number of nitrogens with one attached hydrogen (secondary N) is 1. The van der Waals surface area contributed by atoms with Gasteiger partial charge in [0.05, 0.1) is 0 Å². The van der Waals surface area contributed by atoms with Crippen molar-refractivity contribution in [2.75, 3.05) is 0 Å². The molecule has 0 radical (unpaired) electrons. The number of aliphatic hydroxyl groups is 1. The smallest absolute Gasteiger partial charge is 0.185 e. The number of hydrogen-bond acceptors (Lipinski definition) is 3. The molecule has 0 saturated heterocycles. The van der Waals surface area contributed by atoms with Gasteiger partial charge in [0.2, 0.25) is 0 Å².